The second-order valence-electron chi connectivity index (χ2n) is 4.91. The minimum Gasteiger partial charge on any atom is -0.377 e. The van der Waals surface area contributed by atoms with Gasteiger partial charge in [-0.3, -0.25) is 0 Å². The molecule has 3 unspecified atom stereocenters. The molecule has 0 aromatic carbocycles. The van der Waals surface area contributed by atoms with Crippen molar-refractivity contribution in [3.8, 4) is 0 Å². The Balaban J connectivity index is 2.19. The summed E-state index contributed by atoms with van der Waals surface area (Å²) in [5.74, 6) is 0. The SMILES string of the molecule is CO[Si](CC(C)NCC(C)OCC1CO1)(OC)OC. The van der Waals surface area contributed by atoms with E-state index in [2.05, 4.69) is 19.2 Å². The lowest BCUT2D eigenvalue weighted by molar-refractivity contribution is 0.0526. The molecule has 0 amide bonds. The summed E-state index contributed by atoms with van der Waals surface area (Å²) < 4.78 is 27.0. The first-order chi connectivity index (χ1) is 9.05. The van der Waals surface area contributed by atoms with Crippen molar-refractivity contribution < 1.29 is 22.8 Å². The van der Waals surface area contributed by atoms with E-state index in [1.807, 2.05) is 0 Å². The Kier molecular flexibility index (Phi) is 7.44. The van der Waals surface area contributed by atoms with E-state index in [4.69, 9.17) is 22.8 Å². The highest BCUT2D eigenvalue weighted by molar-refractivity contribution is 6.60. The third-order valence-corrected chi connectivity index (χ3v) is 6.19. The molecule has 0 spiro atoms. The van der Waals surface area contributed by atoms with Gasteiger partial charge in [-0.05, 0) is 13.8 Å². The van der Waals surface area contributed by atoms with Gasteiger partial charge in [-0.15, -0.1) is 0 Å². The van der Waals surface area contributed by atoms with E-state index < -0.39 is 8.80 Å². The Labute approximate surface area is 117 Å². The largest absolute Gasteiger partial charge is 0.501 e. The van der Waals surface area contributed by atoms with Gasteiger partial charge in [-0.1, -0.05) is 0 Å². The first-order valence-electron chi connectivity index (χ1n) is 6.67. The quantitative estimate of drug-likeness (QED) is 0.446. The highest BCUT2D eigenvalue weighted by atomic mass is 28.4. The Morgan fingerprint density at radius 1 is 1.21 bits per heavy atom. The van der Waals surface area contributed by atoms with Gasteiger partial charge >= 0.3 is 8.80 Å². The van der Waals surface area contributed by atoms with Gasteiger partial charge < -0.3 is 28.1 Å². The second kappa shape index (κ2) is 8.31. The van der Waals surface area contributed by atoms with E-state index in [1.54, 1.807) is 21.3 Å². The number of hydrogen-bond acceptors (Lipinski definition) is 6. The summed E-state index contributed by atoms with van der Waals surface area (Å²) in [4.78, 5) is 0. The lowest BCUT2D eigenvalue weighted by atomic mass is 10.3. The average Bonchev–Trinajstić information content (AvgIpc) is 3.24. The van der Waals surface area contributed by atoms with Crippen molar-refractivity contribution in [2.45, 2.75) is 38.1 Å². The number of ether oxygens (including phenoxy) is 2. The summed E-state index contributed by atoms with van der Waals surface area (Å²) in [5, 5.41) is 3.41. The fraction of sp³-hybridized carbons (Fsp3) is 1.00. The Morgan fingerprint density at radius 2 is 1.79 bits per heavy atom. The van der Waals surface area contributed by atoms with Crippen molar-refractivity contribution in [3.63, 3.8) is 0 Å². The van der Waals surface area contributed by atoms with E-state index >= 15 is 0 Å². The molecule has 1 heterocycles. The number of nitrogens with one attached hydrogen (secondary N) is 1. The molecule has 0 aliphatic carbocycles. The molecule has 1 rings (SSSR count). The molecule has 0 radical (unpaired) electrons. The smallest absolute Gasteiger partial charge is 0.377 e. The van der Waals surface area contributed by atoms with Gasteiger partial charge in [0.2, 0.25) is 0 Å². The molecule has 1 saturated heterocycles. The third-order valence-electron chi connectivity index (χ3n) is 3.21. The molecule has 6 nitrogen and oxygen atoms in total. The summed E-state index contributed by atoms with van der Waals surface area (Å²) in [7, 11) is 2.39. The van der Waals surface area contributed by atoms with Crippen LogP contribution in [-0.2, 0) is 22.8 Å². The molecule has 7 heteroatoms. The lowest BCUT2D eigenvalue weighted by Gasteiger charge is -2.28. The average molecular weight is 293 g/mol. The van der Waals surface area contributed by atoms with Crippen LogP contribution >= 0.6 is 0 Å². The molecular weight excluding hydrogens is 266 g/mol. The molecule has 3 atom stereocenters. The normalized spacial score (nSPS) is 22.3. The number of rotatable bonds is 11. The number of epoxide rings is 1. The zero-order valence-corrected chi connectivity index (χ0v) is 13.6. The lowest BCUT2D eigenvalue weighted by Crippen LogP contribution is -2.48. The van der Waals surface area contributed by atoms with Gasteiger partial charge in [0.15, 0.2) is 0 Å². The first-order valence-corrected chi connectivity index (χ1v) is 8.60. The molecule has 114 valence electrons. The van der Waals surface area contributed by atoms with E-state index in [0.717, 1.165) is 19.2 Å². The van der Waals surface area contributed by atoms with Gasteiger partial charge in [0.25, 0.3) is 0 Å². The van der Waals surface area contributed by atoms with Crippen LogP contribution in [0, 0.1) is 0 Å². The zero-order valence-electron chi connectivity index (χ0n) is 12.6. The van der Waals surface area contributed by atoms with E-state index in [0.29, 0.717) is 12.7 Å². The van der Waals surface area contributed by atoms with Gasteiger partial charge in [0.05, 0.1) is 19.3 Å². The maximum atomic E-state index is 5.66. The van der Waals surface area contributed by atoms with Crippen LogP contribution in [0.2, 0.25) is 6.04 Å². The zero-order chi connectivity index (χ0) is 14.3. The minimum absolute atomic E-state index is 0.162. The van der Waals surface area contributed by atoms with E-state index in [-0.39, 0.29) is 12.1 Å². The van der Waals surface area contributed by atoms with Crippen LogP contribution in [0.1, 0.15) is 13.8 Å². The summed E-state index contributed by atoms with van der Waals surface area (Å²) in [6, 6.07) is 0.976. The predicted octanol–water partition coefficient (Wildman–Crippen LogP) is 0.647. The van der Waals surface area contributed by atoms with Crippen molar-refractivity contribution in [3.05, 3.63) is 0 Å². The fourth-order valence-corrected chi connectivity index (χ4v) is 3.70. The van der Waals surface area contributed by atoms with Crippen LogP contribution in [-0.4, -0.2) is 68.1 Å². The van der Waals surface area contributed by atoms with Gasteiger partial charge in [0, 0.05) is 40.0 Å². The molecular formula is C12H27NO5Si. The van der Waals surface area contributed by atoms with Crippen LogP contribution in [0.5, 0.6) is 0 Å². The molecule has 0 aromatic rings. The second-order valence-corrected chi connectivity index (χ2v) is 7.91. The van der Waals surface area contributed by atoms with E-state index in [9.17, 15) is 0 Å². The van der Waals surface area contributed by atoms with Crippen molar-refractivity contribution in [2.24, 2.45) is 0 Å². The summed E-state index contributed by atoms with van der Waals surface area (Å²) in [6.45, 7) is 6.45. The summed E-state index contributed by atoms with van der Waals surface area (Å²) >= 11 is 0. The van der Waals surface area contributed by atoms with Crippen molar-refractivity contribution in [1.82, 2.24) is 5.32 Å². The standard InChI is InChI=1S/C12H27NO5Si/c1-10(9-19(14-3,15-4)16-5)13-6-11(2)17-7-12-8-18-12/h10-13H,6-9H2,1-5H3. The molecule has 0 aromatic heterocycles. The van der Waals surface area contributed by atoms with Crippen molar-refractivity contribution in [1.29, 1.82) is 0 Å². The van der Waals surface area contributed by atoms with E-state index in [1.165, 1.54) is 0 Å². The van der Waals surface area contributed by atoms with Crippen molar-refractivity contribution >= 4 is 8.80 Å². The molecule has 1 aliphatic rings. The van der Waals surface area contributed by atoms with Crippen LogP contribution < -0.4 is 5.32 Å². The van der Waals surface area contributed by atoms with Crippen LogP contribution in [0.15, 0.2) is 0 Å². The minimum atomic E-state index is -2.50. The first kappa shape index (κ1) is 17.0. The Hall–Kier alpha value is -0.0231. The Morgan fingerprint density at radius 3 is 2.26 bits per heavy atom. The predicted molar refractivity (Wildman–Crippen MR) is 74.2 cm³/mol. The Bertz CT molecular complexity index is 240. The van der Waals surface area contributed by atoms with Gasteiger partial charge in [0.1, 0.15) is 6.10 Å². The molecule has 0 bridgehead atoms. The molecule has 1 aliphatic heterocycles. The van der Waals surface area contributed by atoms with Gasteiger partial charge in [-0.25, -0.2) is 0 Å². The summed E-state index contributed by atoms with van der Waals surface area (Å²) in [6.07, 6.45) is 0.478. The fourth-order valence-electron chi connectivity index (χ4n) is 1.81. The molecule has 1 fully saturated rings. The van der Waals surface area contributed by atoms with Crippen LogP contribution in [0.3, 0.4) is 0 Å². The highest BCUT2D eigenvalue weighted by Crippen LogP contribution is 2.15. The maximum Gasteiger partial charge on any atom is 0.501 e. The van der Waals surface area contributed by atoms with Crippen molar-refractivity contribution in [2.75, 3.05) is 41.1 Å². The molecule has 0 saturated carbocycles. The third kappa shape index (κ3) is 6.31. The molecule has 1 N–H and O–H groups in total. The highest BCUT2D eigenvalue weighted by Gasteiger charge is 2.39. The number of hydrogen-bond donors (Lipinski definition) is 1. The topological polar surface area (TPSA) is 61.5 Å². The van der Waals surface area contributed by atoms with Gasteiger partial charge in [-0.2, -0.15) is 0 Å². The monoisotopic (exact) mass is 293 g/mol. The summed E-state index contributed by atoms with van der Waals surface area (Å²) in [5.41, 5.74) is 0. The maximum absolute atomic E-state index is 5.66. The molecule has 19 heavy (non-hydrogen) atoms. The van der Waals surface area contributed by atoms with Crippen LogP contribution in [0.4, 0.5) is 0 Å². The van der Waals surface area contributed by atoms with Crippen LogP contribution in [0.25, 0.3) is 0 Å².